The first kappa shape index (κ1) is 19.5. The molecular formula is C21H27N7O. The molecule has 8 heteroatoms. The maximum atomic E-state index is 11.0. The lowest BCUT2D eigenvalue weighted by atomic mass is 9.83. The fourth-order valence-electron chi connectivity index (χ4n) is 3.47. The summed E-state index contributed by atoms with van der Waals surface area (Å²) in [6.07, 6.45) is 4.37. The molecule has 2 aliphatic rings. The van der Waals surface area contributed by atoms with Crippen LogP contribution in [0.3, 0.4) is 0 Å². The average molecular weight is 393 g/mol. The molecule has 2 aromatic heterocycles. The van der Waals surface area contributed by atoms with Crippen molar-refractivity contribution in [1.82, 2.24) is 30.4 Å². The molecule has 1 saturated carbocycles. The largest absolute Gasteiger partial charge is 0.323 e. The van der Waals surface area contributed by atoms with Gasteiger partial charge in [0.05, 0.1) is 5.52 Å². The summed E-state index contributed by atoms with van der Waals surface area (Å²) in [5.41, 5.74) is 1.89. The Morgan fingerprint density at radius 1 is 1.17 bits per heavy atom. The summed E-state index contributed by atoms with van der Waals surface area (Å²) in [6, 6.07) is 9.60. The van der Waals surface area contributed by atoms with Gasteiger partial charge in [-0.1, -0.05) is 18.6 Å². The molecule has 5 rings (SSSR count). The zero-order valence-electron chi connectivity index (χ0n) is 16.7. The summed E-state index contributed by atoms with van der Waals surface area (Å²) < 4.78 is 0. The van der Waals surface area contributed by atoms with Gasteiger partial charge in [-0.15, -0.1) is 0 Å². The summed E-state index contributed by atoms with van der Waals surface area (Å²) >= 11 is 0. The van der Waals surface area contributed by atoms with Gasteiger partial charge in [-0.3, -0.25) is 9.89 Å². The van der Waals surface area contributed by atoms with Gasteiger partial charge < -0.3 is 15.5 Å². The van der Waals surface area contributed by atoms with Gasteiger partial charge in [-0.05, 0) is 32.0 Å². The van der Waals surface area contributed by atoms with E-state index in [0.717, 1.165) is 29.7 Å². The number of anilines is 2. The van der Waals surface area contributed by atoms with Crippen molar-refractivity contribution in [3.63, 3.8) is 0 Å². The van der Waals surface area contributed by atoms with Crippen molar-refractivity contribution < 1.29 is 4.79 Å². The van der Waals surface area contributed by atoms with Crippen molar-refractivity contribution in [2.45, 2.75) is 25.2 Å². The minimum absolute atomic E-state index is 0.163. The number of H-pyrrole nitrogens is 1. The van der Waals surface area contributed by atoms with Crippen LogP contribution < -0.4 is 10.6 Å². The number of carbonyl (C=O) groups is 1. The van der Waals surface area contributed by atoms with Crippen LogP contribution in [0.2, 0.25) is 0 Å². The fraction of sp³-hybridized carbons (Fsp3) is 0.429. The van der Waals surface area contributed by atoms with E-state index in [1.165, 1.54) is 32.4 Å². The molecule has 0 atom stereocenters. The summed E-state index contributed by atoms with van der Waals surface area (Å²) in [5, 5.41) is 14.7. The Hall–Kier alpha value is -2.84. The van der Waals surface area contributed by atoms with Crippen molar-refractivity contribution in [3.8, 4) is 0 Å². The normalized spacial score (nSPS) is 17.3. The molecule has 8 nitrogen and oxygen atoms in total. The SMILES string of the molecule is CN1CCNCC1.O=Cc1nc(Nc2cc(C3CCC3)[nH]n2)c2ccccc2n1. The molecule has 3 N–H and O–H groups in total. The highest BCUT2D eigenvalue weighted by Crippen LogP contribution is 2.36. The summed E-state index contributed by atoms with van der Waals surface area (Å²) in [5.74, 6) is 2.06. The van der Waals surface area contributed by atoms with Crippen molar-refractivity contribution in [1.29, 1.82) is 0 Å². The monoisotopic (exact) mass is 393 g/mol. The predicted molar refractivity (Wildman–Crippen MR) is 114 cm³/mol. The zero-order valence-corrected chi connectivity index (χ0v) is 16.7. The predicted octanol–water partition coefficient (Wildman–Crippen LogP) is 2.70. The second-order valence-electron chi connectivity index (χ2n) is 7.58. The van der Waals surface area contributed by atoms with E-state index in [2.05, 4.69) is 42.7 Å². The van der Waals surface area contributed by atoms with Gasteiger partial charge >= 0.3 is 0 Å². The molecule has 0 spiro atoms. The average Bonchev–Trinajstić information content (AvgIpc) is 3.15. The van der Waals surface area contributed by atoms with E-state index < -0.39 is 0 Å². The topological polar surface area (TPSA) is 98.8 Å². The molecule has 1 aliphatic carbocycles. The Bertz CT molecular complexity index is 961. The molecule has 0 unspecified atom stereocenters. The Balaban J connectivity index is 0.000000249. The third-order valence-corrected chi connectivity index (χ3v) is 5.46. The summed E-state index contributed by atoms with van der Waals surface area (Å²) in [7, 11) is 2.15. The van der Waals surface area contributed by atoms with Crippen molar-refractivity contribution in [2.24, 2.45) is 0 Å². The molecule has 0 bridgehead atoms. The van der Waals surface area contributed by atoms with Crippen LogP contribution in [0.4, 0.5) is 11.6 Å². The van der Waals surface area contributed by atoms with E-state index >= 15 is 0 Å². The van der Waals surface area contributed by atoms with E-state index in [-0.39, 0.29) is 5.82 Å². The number of hydrogen-bond donors (Lipinski definition) is 3. The number of para-hydroxylation sites is 1. The maximum absolute atomic E-state index is 11.0. The Kier molecular flexibility index (Phi) is 6.12. The van der Waals surface area contributed by atoms with Gasteiger partial charge in [0.15, 0.2) is 17.9 Å². The van der Waals surface area contributed by atoms with Crippen LogP contribution in [0.15, 0.2) is 30.3 Å². The summed E-state index contributed by atoms with van der Waals surface area (Å²) in [6.45, 7) is 4.74. The molecule has 1 saturated heterocycles. The maximum Gasteiger partial charge on any atom is 0.195 e. The number of carbonyl (C=O) groups excluding carboxylic acids is 1. The first-order chi connectivity index (χ1) is 14.2. The van der Waals surface area contributed by atoms with Crippen LogP contribution in [-0.4, -0.2) is 64.6 Å². The van der Waals surface area contributed by atoms with Gasteiger partial charge in [0, 0.05) is 49.2 Å². The van der Waals surface area contributed by atoms with Gasteiger partial charge in [0.25, 0.3) is 0 Å². The van der Waals surface area contributed by atoms with Crippen LogP contribution in [0, 0.1) is 0 Å². The van der Waals surface area contributed by atoms with Crippen LogP contribution in [0.5, 0.6) is 0 Å². The third kappa shape index (κ3) is 4.78. The van der Waals surface area contributed by atoms with Gasteiger partial charge in [-0.25, -0.2) is 9.97 Å². The standard InChI is InChI=1S/C16H15N5O.C5H12N2/c22-9-15-17-12-7-2-1-6-11(12)16(19-15)18-14-8-13(20-21-14)10-4-3-5-10;1-7-4-2-6-3-5-7/h1-2,6-10H,3-5H2,(H2,17,18,19,20,21);6H,2-5H2,1H3. The number of aromatic amines is 1. The number of benzene rings is 1. The summed E-state index contributed by atoms with van der Waals surface area (Å²) in [4.78, 5) is 21.8. The number of nitrogens with zero attached hydrogens (tertiary/aromatic N) is 4. The highest BCUT2D eigenvalue weighted by molar-refractivity contribution is 5.92. The van der Waals surface area contributed by atoms with E-state index in [9.17, 15) is 4.79 Å². The van der Waals surface area contributed by atoms with Gasteiger partial charge in [0.1, 0.15) is 5.82 Å². The minimum Gasteiger partial charge on any atom is -0.323 e. The van der Waals surface area contributed by atoms with Crippen LogP contribution in [0.25, 0.3) is 10.9 Å². The van der Waals surface area contributed by atoms with Gasteiger partial charge in [0.2, 0.25) is 0 Å². The number of aldehydes is 1. The van der Waals surface area contributed by atoms with Crippen molar-refractivity contribution in [3.05, 3.63) is 41.9 Å². The molecule has 0 radical (unpaired) electrons. The van der Waals surface area contributed by atoms with E-state index in [0.29, 0.717) is 23.8 Å². The first-order valence-corrected chi connectivity index (χ1v) is 10.2. The highest BCUT2D eigenvalue weighted by atomic mass is 16.1. The Labute approximate surface area is 170 Å². The number of fused-ring (bicyclic) bond motifs is 1. The second-order valence-corrected chi connectivity index (χ2v) is 7.58. The molecular weight excluding hydrogens is 366 g/mol. The fourth-order valence-corrected chi connectivity index (χ4v) is 3.47. The highest BCUT2D eigenvalue weighted by Gasteiger charge is 2.21. The van der Waals surface area contributed by atoms with E-state index in [4.69, 9.17) is 0 Å². The number of likely N-dealkylation sites (N-methyl/N-ethyl adjacent to an activating group) is 1. The number of hydrogen-bond acceptors (Lipinski definition) is 7. The molecule has 29 heavy (non-hydrogen) atoms. The Morgan fingerprint density at radius 3 is 2.62 bits per heavy atom. The molecule has 0 amide bonds. The number of piperazine rings is 1. The van der Waals surface area contributed by atoms with Crippen molar-refractivity contribution >= 4 is 28.8 Å². The molecule has 152 valence electrons. The zero-order chi connectivity index (χ0) is 20.1. The molecule has 2 fully saturated rings. The third-order valence-electron chi connectivity index (χ3n) is 5.46. The molecule has 3 aromatic rings. The van der Waals surface area contributed by atoms with Crippen LogP contribution in [-0.2, 0) is 0 Å². The van der Waals surface area contributed by atoms with Crippen LogP contribution in [0.1, 0.15) is 41.5 Å². The van der Waals surface area contributed by atoms with Gasteiger partial charge in [-0.2, -0.15) is 5.10 Å². The van der Waals surface area contributed by atoms with E-state index in [1.807, 2.05) is 30.3 Å². The molecule has 3 heterocycles. The minimum atomic E-state index is 0.163. The first-order valence-electron chi connectivity index (χ1n) is 10.2. The number of aromatic nitrogens is 4. The Morgan fingerprint density at radius 2 is 1.97 bits per heavy atom. The smallest absolute Gasteiger partial charge is 0.195 e. The van der Waals surface area contributed by atoms with Crippen LogP contribution >= 0.6 is 0 Å². The van der Waals surface area contributed by atoms with Crippen molar-refractivity contribution in [2.75, 3.05) is 38.5 Å². The number of rotatable bonds is 4. The molecule has 1 aromatic carbocycles. The lowest BCUT2D eigenvalue weighted by Crippen LogP contribution is -2.40. The lowest BCUT2D eigenvalue weighted by molar-refractivity contribution is 0.111. The van der Waals surface area contributed by atoms with E-state index in [1.54, 1.807) is 0 Å². The quantitative estimate of drug-likeness (QED) is 0.586. The lowest BCUT2D eigenvalue weighted by Gasteiger charge is -2.23. The number of nitrogens with one attached hydrogen (secondary N) is 3. The second kappa shape index (κ2) is 9.11. The molecule has 1 aliphatic heterocycles.